The lowest BCUT2D eigenvalue weighted by atomic mass is 10.1. The minimum Gasteiger partial charge on any atom is -0.378 e. The van der Waals surface area contributed by atoms with Crippen LogP contribution in [-0.4, -0.2) is 43.3 Å². The highest BCUT2D eigenvalue weighted by Crippen LogP contribution is 2.20. The zero-order valence-corrected chi connectivity index (χ0v) is 11.4. The van der Waals surface area contributed by atoms with Gasteiger partial charge in [-0.1, -0.05) is 0 Å². The summed E-state index contributed by atoms with van der Waals surface area (Å²) in [6.07, 6.45) is 2.51. The molecule has 5 heteroatoms. The maximum atomic E-state index is 13.2. The first kappa shape index (κ1) is 13.9. The molecule has 2 aliphatic rings. The lowest BCUT2D eigenvalue weighted by Gasteiger charge is -2.35. The van der Waals surface area contributed by atoms with E-state index < -0.39 is 11.6 Å². The van der Waals surface area contributed by atoms with Crippen molar-refractivity contribution in [1.29, 1.82) is 0 Å². The van der Waals surface area contributed by atoms with Crippen molar-refractivity contribution in [2.75, 3.05) is 26.3 Å². The van der Waals surface area contributed by atoms with Crippen LogP contribution >= 0.6 is 0 Å². The van der Waals surface area contributed by atoms with Gasteiger partial charge in [-0.05, 0) is 30.5 Å². The number of halogens is 2. The van der Waals surface area contributed by atoms with Gasteiger partial charge in [0.2, 0.25) is 0 Å². The number of hydrogen-bond acceptors (Lipinski definition) is 3. The van der Waals surface area contributed by atoms with Crippen LogP contribution in [0.25, 0.3) is 0 Å². The Kier molecular flexibility index (Phi) is 4.29. The van der Waals surface area contributed by atoms with E-state index in [1.165, 1.54) is 25.0 Å². The summed E-state index contributed by atoms with van der Waals surface area (Å²) in [5.41, 5.74) is 0.681. The first-order valence-electron chi connectivity index (χ1n) is 7.21. The SMILES string of the molecule is Fc1cc(F)cc(CN2CCOCC2CNC2CC2)c1. The maximum absolute atomic E-state index is 13.2. The van der Waals surface area contributed by atoms with Gasteiger partial charge in [0, 0.05) is 37.8 Å². The Bertz CT molecular complexity index is 445. The Balaban J connectivity index is 1.62. The Hall–Kier alpha value is -1.04. The van der Waals surface area contributed by atoms with Crippen LogP contribution in [0.4, 0.5) is 8.78 Å². The van der Waals surface area contributed by atoms with Gasteiger partial charge in [-0.2, -0.15) is 0 Å². The van der Waals surface area contributed by atoms with Crippen LogP contribution < -0.4 is 5.32 Å². The van der Waals surface area contributed by atoms with Gasteiger partial charge in [0.25, 0.3) is 0 Å². The van der Waals surface area contributed by atoms with Crippen LogP contribution in [0.5, 0.6) is 0 Å². The Morgan fingerprint density at radius 3 is 2.65 bits per heavy atom. The summed E-state index contributed by atoms with van der Waals surface area (Å²) < 4.78 is 32.0. The second-order valence-electron chi connectivity index (χ2n) is 5.66. The lowest BCUT2D eigenvalue weighted by molar-refractivity contribution is -0.0111. The standard InChI is InChI=1S/C15H20F2N2O/c16-12-5-11(6-13(17)7-12)9-19-3-4-20-10-15(19)8-18-14-1-2-14/h5-7,14-15,18H,1-4,8-10H2. The number of rotatable bonds is 5. The zero-order valence-electron chi connectivity index (χ0n) is 11.4. The van der Waals surface area contributed by atoms with Crippen molar-refractivity contribution in [2.45, 2.75) is 31.5 Å². The lowest BCUT2D eigenvalue weighted by Crippen LogP contribution is -2.50. The first-order chi connectivity index (χ1) is 9.70. The first-order valence-corrected chi connectivity index (χ1v) is 7.21. The van der Waals surface area contributed by atoms with Crippen molar-refractivity contribution < 1.29 is 13.5 Å². The minimum absolute atomic E-state index is 0.274. The molecule has 1 aliphatic carbocycles. The molecule has 1 saturated heterocycles. The van der Waals surface area contributed by atoms with E-state index in [1.807, 2.05) is 0 Å². The molecule has 2 fully saturated rings. The van der Waals surface area contributed by atoms with Crippen molar-refractivity contribution >= 4 is 0 Å². The summed E-state index contributed by atoms with van der Waals surface area (Å²) >= 11 is 0. The summed E-state index contributed by atoms with van der Waals surface area (Å²) in [6, 6.07) is 4.66. The molecule has 1 unspecified atom stereocenters. The summed E-state index contributed by atoms with van der Waals surface area (Å²) in [5, 5.41) is 3.50. The van der Waals surface area contributed by atoms with E-state index in [9.17, 15) is 8.78 Å². The third kappa shape index (κ3) is 3.75. The average molecular weight is 282 g/mol. The number of nitrogens with one attached hydrogen (secondary N) is 1. The van der Waals surface area contributed by atoms with Crippen LogP contribution in [-0.2, 0) is 11.3 Å². The van der Waals surface area contributed by atoms with Crippen molar-refractivity contribution in [1.82, 2.24) is 10.2 Å². The van der Waals surface area contributed by atoms with Gasteiger partial charge >= 0.3 is 0 Å². The number of morpholine rings is 1. The van der Waals surface area contributed by atoms with Crippen molar-refractivity contribution in [3.05, 3.63) is 35.4 Å². The number of benzene rings is 1. The fourth-order valence-electron chi connectivity index (χ4n) is 2.61. The van der Waals surface area contributed by atoms with Gasteiger partial charge in [-0.25, -0.2) is 8.78 Å². The highest BCUT2D eigenvalue weighted by molar-refractivity contribution is 5.18. The molecule has 3 rings (SSSR count). The molecule has 0 radical (unpaired) electrons. The predicted octanol–water partition coefficient (Wildman–Crippen LogP) is 1.92. The third-order valence-electron chi connectivity index (χ3n) is 3.88. The van der Waals surface area contributed by atoms with Crippen LogP contribution in [0.1, 0.15) is 18.4 Å². The molecule has 3 nitrogen and oxygen atoms in total. The van der Waals surface area contributed by atoms with E-state index in [1.54, 1.807) is 0 Å². The molecule has 0 amide bonds. The Labute approximate surface area is 117 Å². The van der Waals surface area contributed by atoms with E-state index in [0.29, 0.717) is 31.4 Å². The molecule has 0 aromatic heterocycles. The zero-order chi connectivity index (χ0) is 13.9. The molecule has 1 aromatic carbocycles. The molecular weight excluding hydrogens is 262 g/mol. The third-order valence-corrected chi connectivity index (χ3v) is 3.88. The predicted molar refractivity (Wildman–Crippen MR) is 72.4 cm³/mol. The molecule has 1 heterocycles. The summed E-state index contributed by atoms with van der Waals surface area (Å²) in [6.45, 7) is 3.60. The van der Waals surface area contributed by atoms with E-state index in [2.05, 4.69) is 10.2 Å². The van der Waals surface area contributed by atoms with Gasteiger partial charge in [0.15, 0.2) is 0 Å². The van der Waals surface area contributed by atoms with Gasteiger partial charge < -0.3 is 10.1 Å². The second kappa shape index (κ2) is 6.16. The normalized spacial score (nSPS) is 24.0. The summed E-state index contributed by atoms with van der Waals surface area (Å²) in [4.78, 5) is 2.24. The molecule has 1 atom stereocenters. The highest BCUT2D eigenvalue weighted by atomic mass is 19.1. The Morgan fingerprint density at radius 2 is 1.95 bits per heavy atom. The molecule has 110 valence electrons. The average Bonchev–Trinajstić information content (AvgIpc) is 3.20. The second-order valence-corrected chi connectivity index (χ2v) is 5.66. The van der Waals surface area contributed by atoms with Gasteiger partial charge in [0.1, 0.15) is 11.6 Å². The fourth-order valence-corrected chi connectivity index (χ4v) is 2.61. The molecule has 1 saturated carbocycles. The molecule has 0 spiro atoms. The maximum Gasteiger partial charge on any atom is 0.126 e. The van der Waals surface area contributed by atoms with E-state index in [-0.39, 0.29) is 6.04 Å². The van der Waals surface area contributed by atoms with Gasteiger partial charge in [-0.15, -0.1) is 0 Å². The molecule has 20 heavy (non-hydrogen) atoms. The molecule has 1 aromatic rings. The molecule has 0 bridgehead atoms. The number of ether oxygens (including phenoxy) is 1. The van der Waals surface area contributed by atoms with E-state index in [0.717, 1.165) is 19.2 Å². The topological polar surface area (TPSA) is 24.5 Å². The molecular formula is C15H20F2N2O. The van der Waals surface area contributed by atoms with Crippen molar-refractivity contribution in [3.63, 3.8) is 0 Å². The number of nitrogens with zero attached hydrogens (tertiary/aromatic N) is 1. The molecule has 1 N–H and O–H groups in total. The summed E-state index contributed by atoms with van der Waals surface area (Å²) in [7, 11) is 0. The highest BCUT2D eigenvalue weighted by Gasteiger charge is 2.27. The monoisotopic (exact) mass is 282 g/mol. The van der Waals surface area contributed by atoms with Crippen molar-refractivity contribution in [3.8, 4) is 0 Å². The molecule has 1 aliphatic heterocycles. The van der Waals surface area contributed by atoms with Crippen molar-refractivity contribution in [2.24, 2.45) is 0 Å². The van der Waals surface area contributed by atoms with Crippen LogP contribution in [0.15, 0.2) is 18.2 Å². The quantitative estimate of drug-likeness (QED) is 0.893. The minimum atomic E-state index is -0.513. The van der Waals surface area contributed by atoms with Gasteiger partial charge in [-0.3, -0.25) is 4.90 Å². The van der Waals surface area contributed by atoms with Crippen LogP contribution in [0.2, 0.25) is 0 Å². The van der Waals surface area contributed by atoms with Crippen LogP contribution in [0.3, 0.4) is 0 Å². The van der Waals surface area contributed by atoms with E-state index in [4.69, 9.17) is 4.74 Å². The number of hydrogen-bond donors (Lipinski definition) is 1. The van der Waals surface area contributed by atoms with Crippen LogP contribution in [0, 0.1) is 11.6 Å². The summed E-state index contributed by atoms with van der Waals surface area (Å²) in [5.74, 6) is -1.03. The van der Waals surface area contributed by atoms with Gasteiger partial charge in [0.05, 0.1) is 13.2 Å². The Morgan fingerprint density at radius 1 is 1.20 bits per heavy atom. The fraction of sp³-hybridized carbons (Fsp3) is 0.600. The smallest absolute Gasteiger partial charge is 0.126 e. The van der Waals surface area contributed by atoms with E-state index >= 15 is 0 Å². The largest absolute Gasteiger partial charge is 0.378 e.